The van der Waals surface area contributed by atoms with E-state index in [0.717, 1.165) is 5.69 Å². The molecule has 1 aliphatic heterocycles. The van der Waals surface area contributed by atoms with Crippen molar-refractivity contribution in [3.63, 3.8) is 0 Å². The van der Waals surface area contributed by atoms with Crippen molar-refractivity contribution >= 4 is 11.8 Å². The van der Waals surface area contributed by atoms with Gasteiger partial charge in [-0.15, -0.1) is 0 Å². The van der Waals surface area contributed by atoms with Crippen LogP contribution in [0.1, 0.15) is 73.2 Å². The van der Waals surface area contributed by atoms with Crippen LogP contribution in [-0.2, 0) is 11.2 Å². The Morgan fingerprint density at radius 3 is 2.96 bits per heavy atom. The lowest BCUT2D eigenvalue weighted by molar-refractivity contribution is -0.124. The van der Waals surface area contributed by atoms with Crippen LogP contribution in [0.4, 0.5) is 0 Å². The van der Waals surface area contributed by atoms with Crippen molar-refractivity contribution in [1.29, 1.82) is 0 Å². The van der Waals surface area contributed by atoms with E-state index < -0.39 is 0 Å². The minimum Gasteiger partial charge on any atom is -0.361 e. The summed E-state index contributed by atoms with van der Waals surface area (Å²) in [6.07, 6.45) is 3.27. The molecular weight excluding hydrogens is 334 g/mol. The summed E-state index contributed by atoms with van der Waals surface area (Å²) in [4.78, 5) is 24.8. The second kappa shape index (κ2) is 7.31. The first kappa shape index (κ1) is 18.2. The summed E-state index contributed by atoms with van der Waals surface area (Å²) in [6.45, 7) is 7.72. The molecule has 1 fully saturated rings. The molecule has 2 aromatic rings. The van der Waals surface area contributed by atoms with E-state index in [9.17, 15) is 9.59 Å². The number of carbonyl (C=O) groups is 2. The normalized spacial score (nSPS) is 20.3. The Bertz CT molecular complexity index is 808. The maximum absolute atomic E-state index is 12.8. The SMILES string of the molecule is CCc1noc(C)c1C(=O)N[C@@H]1CCC(=O)N[C@H]1c1ccnn1C(C)C. The second-order valence-electron chi connectivity index (χ2n) is 6.87. The Hall–Kier alpha value is -2.64. The number of hydrogen-bond donors (Lipinski definition) is 2. The van der Waals surface area contributed by atoms with Gasteiger partial charge in [0.25, 0.3) is 5.91 Å². The number of aryl methyl sites for hydroxylation is 2. The molecule has 0 aromatic carbocycles. The van der Waals surface area contributed by atoms with Gasteiger partial charge >= 0.3 is 0 Å². The first-order valence-corrected chi connectivity index (χ1v) is 9.01. The van der Waals surface area contributed by atoms with Gasteiger partial charge in [0.05, 0.1) is 23.5 Å². The van der Waals surface area contributed by atoms with E-state index in [2.05, 4.69) is 20.9 Å². The third kappa shape index (κ3) is 3.36. The summed E-state index contributed by atoms with van der Waals surface area (Å²) < 4.78 is 7.04. The van der Waals surface area contributed by atoms with E-state index in [4.69, 9.17) is 4.52 Å². The molecule has 0 radical (unpaired) electrons. The minimum atomic E-state index is -0.324. The topological polar surface area (TPSA) is 102 Å². The molecule has 0 spiro atoms. The molecule has 2 aromatic heterocycles. The quantitative estimate of drug-likeness (QED) is 0.851. The van der Waals surface area contributed by atoms with Crippen LogP contribution in [0.5, 0.6) is 0 Å². The molecule has 2 atom stereocenters. The Balaban J connectivity index is 1.87. The highest BCUT2D eigenvalue weighted by molar-refractivity contribution is 5.96. The molecule has 0 bridgehead atoms. The van der Waals surface area contributed by atoms with Crippen LogP contribution in [-0.4, -0.2) is 32.8 Å². The number of nitrogens with zero attached hydrogens (tertiary/aromatic N) is 3. The van der Waals surface area contributed by atoms with E-state index >= 15 is 0 Å². The number of piperidine rings is 1. The van der Waals surface area contributed by atoms with Gasteiger partial charge in [-0.05, 0) is 39.7 Å². The van der Waals surface area contributed by atoms with E-state index in [1.54, 1.807) is 13.1 Å². The zero-order valence-corrected chi connectivity index (χ0v) is 15.6. The highest BCUT2D eigenvalue weighted by Gasteiger charge is 2.34. The minimum absolute atomic E-state index is 0.0209. The van der Waals surface area contributed by atoms with Gasteiger partial charge in [-0.2, -0.15) is 5.10 Å². The van der Waals surface area contributed by atoms with Gasteiger partial charge in [0.1, 0.15) is 11.3 Å². The van der Waals surface area contributed by atoms with Crippen LogP contribution in [0, 0.1) is 6.92 Å². The summed E-state index contributed by atoms with van der Waals surface area (Å²) in [6, 6.07) is 1.49. The van der Waals surface area contributed by atoms with Crippen LogP contribution in [0.3, 0.4) is 0 Å². The van der Waals surface area contributed by atoms with Crippen LogP contribution in [0.2, 0.25) is 0 Å². The molecule has 26 heavy (non-hydrogen) atoms. The van der Waals surface area contributed by atoms with Gasteiger partial charge in [0.15, 0.2) is 0 Å². The molecule has 8 nitrogen and oxygen atoms in total. The number of amides is 2. The molecule has 3 rings (SSSR count). The second-order valence-corrected chi connectivity index (χ2v) is 6.87. The molecule has 8 heteroatoms. The van der Waals surface area contributed by atoms with Crippen molar-refractivity contribution in [2.45, 2.75) is 65.1 Å². The maximum Gasteiger partial charge on any atom is 0.257 e. The van der Waals surface area contributed by atoms with Gasteiger partial charge in [0.2, 0.25) is 5.91 Å². The lowest BCUT2D eigenvalue weighted by Gasteiger charge is -2.33. The van der Waals surface area contributed by atoms with Gasteiger partial charge in [0, 0.05) is 18.7 Å². The predicted molar refractivity (Wildman–Crippen MR) is 94.6 cm³/mol. The first-order chi connectivity index (χ1) is 12.4. The fourth-order valence-corrected chi connectivity index (χ4v) is 3.43. The number of hydrogen-bond acceptors (Lipinski definition) is 5. The Morgan fingerprint density at radius 1 is 1.50 bits per heavy atom. The summed E-state index contributed by atoms with van der Waals surface area (Å²) >= 11 is 0. The highest BCUT2D eigenvalue weighted by Crippen LogP contribution is 2.26. The molecule has 140 valence electrons. The van der Waals surface area contributed by atoms with Crippen molar-refractivity contribution in [1.82, 2.24) is 25.6 Å². The third-order valence-electron chi connectivity index (χ3n) is 4.72. The Kier molecular flexibility index (Phi) is 5.11. The van der Waals surface area contributed by atoms with E-state index in [-0.39, 0.29) is 29.9 Å². The lowest BCUT2D eigenvalue weighted by atomic mass is 9.94. The zero-order chi connectivity index (χ0) is 18.8. The van der Waals surface area contributed by atoms with E-state index in [1.165, 1.54) is 0 Å². The van der Waals surface area contributed by atoms with Crippen LogP contribution in [0.15, 0.2) is 16.8 Å². The van der Waals surface area contributed by atoms with Crippen LogP contribution >= 0.6 is 0 Å². The Morgan fingerprint density at radius 2 is 2.27 bits per heavy atom. The summed E-state index contributed by atoms with van der Waals surface area (Å²) in [5.74, 6) is 0.262. The number of rotatable bonds is 5. The summed E-state index contributed by atoms with van der Waals surface area (Å²) in [5, 5.41) is 14.4. The average Bonchev–Trinajstić information content (AvgIpc) is 3.22. The van der Waals surface area contributed by atoms with Gasteiger partial charge in [-0.1, -0.05) is 12.1 Å². The molecule has 2 N–H and O–H groups in total. The fourth-order valence-electron chi connectivity index (χ4n) is 3.43. The largest absolute Gasteiger partial charge is 0.361 e. The number of aromatic nitrogens is 3. The zero-order valence-electron chi connectivity index (χ0n) is 15.6. The van der Waals surface area contributed by atoms with Crippen molar-refractivity contribution in [2.75, 3.05) is 0 Å². The summed E-state index contributed by atoms with van der Waals surface area (Å²) in [7, 11) is 0. The van der Waals surface area contributed by atoms with Crippen molar-refractivity contribution in [3.8, 4) is 0 Å². The number of carbonyl (C=O) groups excluding carboxylic acids is 2. The molecule has 1 saturated heterocycles. The fraction of sp³-hybridized carbons (Fsp3) is 0.556. The number of nitrogens with one attached hydrogen (secondary N) is 2. The molecule has 0 saturated carbocycles. The summed E-state index contributed by atoms with van der Waals surface area (Å²) in [5.41, 5.74) is 2.01. The van der Waals surface area contributed by atoms with E-state index in [0.29, 0.717) is 36.3 Å². The molecular formula is C18H25N5O3. The molecule has 0 unspecified atom stereocenters. The average molecular weight is 359 g/mol. The van der Waals surface area contributed by atoms with Crippen LogP contribution < -0.4 is 10.6 Å². The molecule has 2 amide bonds. The van der Waals surface area contributed by atoms with Gasteiger partial charge in [-0.25, -0.2) is 0 Å². The smallest absolute Gasteiger partial charge is 0.257 e. The monoisotopic (exact) mass is 359 g/mol. The van der Waals surface area contributed by atoms with Crippen molar-refractivity contribution in [3.05, 3.63) is 35.0 Å². The first-order valence-electron chi connectivity index (χ1n) is 9.01. The van der Waals surface area contributed by atoms with E-state index in [1.807, 2.05) is 31.5 Å². The lowest BCUT2D eigenvalue weighted by Crippen LogP contribution is -2.51. The maximum atomic E-state index is 12.8. The standard InChI is InChI=1S/C18H25N5O3/c1-5-12-16(11(4)26-22-12)18(25)20-13-6-7-15(24)21-17(13)14-8-9-19-23(14)10(2)3/h8-10,13,17H,5-7H2,1-4H3,(H,20,25)(H,21,24)/t13-,17-/m1/s1. The van der Waals surface area contributed by atoms with Crippen molar-refractivity contribution < 1.29 is 14.1 Å². The molecule has 0 aliphatic carbocycles. The van der Waals surface area contributed by atoms with Crippen molar-refractivity contribution in [2.24, 2.45) is 0 Å². The van der Waals surface area contributed by atoms with Gasteiger partial charge < -0.3 is 15.2 Å². The Labute approximate surface area is 152 Å². The third-order valence-corrected chi connectivity index (χ3v) is 4.72. The molecule has 3 heterocycles. The molecule has 1 aliphatic rings. The predicted octanol–water partition coefficient (Wildman–Crippen LogP) is 2.07. The van der Waals surface area contributed by atoms with Crippen LogP contribution in [0.25, 0.3) is 0 Å². The highest BCUT2D eigenvalue weighted by atomic mass is 16.5. The van der Waals surface area contributed by atoms with Gasteiger partial charge in [-0.3, -0.25) is 14.3 Å².